The van der Waals surface area contributed by atoms with Gasteiger partial charge in [-0.1, -0.05) is 12.1 Å². The highest BCUT2D eigenvalue weighted by atomic mass is 28.4. The Bertz CT molecular complexity index is 267. The molecule has 0 radical (unpaired) electrons. The molecule has 0 heterocycles. The third-order valence-corrected chi connectivity index (χ3v) is 5.11. The van der Waals surface area contributed by atoms with E-state index in [2.05, 4.69) is 0 Å². The van der Waals surface area contributed by atoms with Gasteiger partial charge in [-0.15, -0.1) is 0 Å². The molecule has 0 aliphatic carbocycles. The molecule has 0 saturated heterocycles. The predicted octanol–water partition coefficient (Wildman–Crippen LogP) is 0.964. The van der Waals surface area contributed by atoms with Gasteiger partial charge in [0.1, 0.15) is 5.75 Å². The molecule has 0 bridgehead atoms. The van der Waals surface area contributed by atoms with E-state index in [0.717, 1.165) is 5.19 Å². The summed E-state index contributed by atoms with van der Waals surface area (Å²) in [5, 5.41) is 10.1. The molecule has 0 aliphatic heterocycles. The number of rotatable bonds is 3. The van der Waals surface area contributed by atoms with Gasteiger partial charge in [0, 0.05) is 14.2 Å². The Hall–Kier alpha value is -0.843. The van der Waals surface area contributed by atoms with Gasteiger partial charge in [-0.05, 0) is 23.9 Å². The lowest BCUT2D eigenvalue weighted by atomic mass is 10.3. The molecule has 13 heavy (non-hydrogen) atoms. The molecule has 0 spiro atoms. The number of phenols is 1. The van der Waals surface area contributed by atoms with Crippen LogP contribution in [0.4, 0.5) is 0 Å². The third kappa shape index (κ3) is 2.09. The lowest BCUT2D eigenvalue weighted by Gasteiger charge is -2.22. The number of hydrogen-bond donors (Lipinski definition) is 1. The zero-order chi connectivity index (χ0) is 9.90. The van der Waals surface area contributed by atoms with E-state index in [1.807, 2.05) is 18.7 Å². The molecule has 0 amide bonds. The third-order valence-electron chi connectivity index (χ3n) is 2.17. The Labute approximate surface area is 79.2 Å². The van der Waals surface area contributed by atoms with Gasteiger partial charge in [0.2, 0.25) is 0 Å². The lowest BCUT2D eigenvalue weighted by molar-refractivity contribution is 0.265. The van der Waals surface area contributed by atoms with Gasteiger partial charge >= 0.3 is 8.56 Å². The van der Waals surface area contributed by atoms with E-state index < -0.39 is 8.56 Å². The average Bonchev–Trinajstić information content (AvgIpc) is 2.18. The highest BCUT2D eigenvalue weighted by molar-refractivity contribution is 6.79. The molecule has 0 atom stereocenters. The fourth-order valence-electron chi connectivity index (χ4n) is 1.08. The van der Waals surface area contributed by atoms with Gasteiger partial charge in [-0.3, -0.25) is 0 Å². The number of benzene rings is 1. The lowest BCUT2D eigenvalue weighted by Crippen LogP contribution is -2.49. The van der Waals surface area contributed by atoms with Gasteiger partial charge in [0.05, 0.1) is 0 Å². The topological polar surface area (TPSA) is 38.7 Å². The summed E-state index contributed by atoms with van der Waals surface area (Å²) in [6, 6.07) is 6.93. The first-order chi connectivity index (χ1) is 6.12. The predicted molar refractivity (Wildman–Crippen MR) is 53.4 cm³/mol. The molecule has 0 unspecified atom stereocenters. The van der Waals surface area contributed by atoms with Crippen molar-refractivity contribution in [1.29, 1.82) is 0 Å². The summed E-state index contributed by atoms with van der Waals surface area (Å²) in [6.45, 7) is 1.96. The summed E-state index contributed by atoms with van der Waals surface area (Å²) < 4.78 is 10.7. The van der Waals surface area contributed by atoms with Crippen molar-refractivity contribution in [3.05, 3.63) is 24.3 Å². The van der Waals surface area contributed by atoms with Gasteiger partial charge in [-0.25, -0.2) is 0 Å². The van der Waals surface area contributed by atoms with E-state index >= 15 is 0 Å². The number of aromatic hydroxyl groups is 1. The van der Waals surface area contributed by atoms with E-state index in [4.69, 9.17) is 14.0 Å². The van der Waals surface area contributed by atoms with Crippen molar-refractivity contribution in [1.82, 2.24) is 0 Å². The number of hydrogen-bond acceptors (Lipinski definition) is 3. The molecular weight excluding hydrogens is 184 g/mol. The summed E-state index contributed by atoms with van der Waals surface area (Å²) in [4.78, 5) is 0. The molecular formula is C9H14O3Si. The van der Waals surface area contributed by atoms with Crippen LogP contribution in [-0.2, 0) is 8.85 Å². The van der Waals surface area contributed by atoms with Crippen molar-refractivity contribution < 1.29 is 14.0 Å². The average molecular weight is 198 g/mol. The molecule has 4 heteroatoms. The maximum absolute atomic E-state index is 9.10. The highest BCUT2D eigenvalue weighted by Gasteiger charge is 2.31. The second-order valence-corrected chi connectivity index (χ2v) is 6.19. The first kappa shape index (κ1) is 10.2. The monoisotopic (exact) mass is 198 g/mol. The second kappa shape index (κ2) is 3.91. The summed E-state index contributed by atoms with van der Waals surface area (Å²) in [5.74, 6) is 0.257. The Morgan fingerprint density at radius 3 is 1.92 bits per heavy atom. The van der Waals surface area contributed by atoms with Gasteiger partial charge in [-0.2, -0.15) is 0 Å². The van der Waals surface area contributed by atoms with E-state index in [9.17, 15) is 0 Å². The van der Waals surface area contributed by atoms with E-state index in [-0.39, 0.29) is 5.75 Å². The SMILES string of the molecule is CO[Si](C)(OC)c1ccc(O)cc1. The van der Waals surface area contributed by atoms with E-state index in [1.165, 1.54) is 0 Å². The molecule has 1 rings (SSSR count). The Morgan fingerprint density at radius 1 is 1.08 bits per heavy atom. The van der Waals surface area contributed by atoms with Gasteiger partial charge in [0.15, 0.2) is 0 Å². The van der Waals surface area contributed by atoms with Crippen LogP contribution in [0.2, 0.25) is 6.55 Å². The van der Waals surface area contributed by atoms with Crippen LogP contribution in [0, 0.1) is 0 Å². The second-order valence-electron chi connectivity index (χ2n) is 2.90. The Morgan fingerprint density at radius 2 is 1.54 bits per heavy atom. The largest absolute Gasteiger partial charge is 0.508 e. The maximum Gasteiger partial charge on any atom is 0.368 e. The molecule has 0 saturated carbocycles. The minimum atomic E-state index is -2.21. The molecule has 0 fully saturated rings. The fraction of sp³-hybridized carbons (Fsp3) is 0.333. The Kier molecular flexibility index (Phi) is 3.08. The molecule has 72 valence electrons. The first-order valence-corrected chi connectivity index (χ1v) is 6.34. The Balaban J connectivity index is 2.99. The zero-order valence-electron chi connectivity index (χ0n) is 8.07. The van der Waals surface area contributed by atoms with Crippen LogP contribution >= 0.6 is 0 Å². The van der Waals surface area contributed by atoms with Crippen LogP contribution in [0.15, 0.2) is 24.3 Å². The fourth-order valence-corrected chi connectivity index (χ4v) is 2.49. The molecule has 1 aromatic rings. The summed E-state index contributed by atoms with van der Waals surface area (Å²) in [7, 11) is 1.08. The molecule has 1 N–H and O–H groups in total. The van der Waals surface area contributed by atoms with Crippen LogP contribution in [-0.4, -0.2) is 27.9 Å². The van der Waals surface area contributed by atoms with E-state index in [1.54, 1.807) is 26.4 Å². The molecule has 3 nitrogen and oxygen atoms in total. The summed E-state index contributed by atoms with van der Waals surface area (Å²) in [5.41, 5.74) is 0. The summed E-state index contributed by atoms with van der Waals surface area (Å²) >= 11 is 0. The smallest absolute Gasteiger partial charge is 0.368 e. The van der Waals surface area contributed by atoms with Crippen molar-refractivity contribution >= 4 is 13.7 Å². The van der Waals surface area contributed by atoms with Crippen molar-refractivity contribution in [3.8, 4) is 5.75 Å². The van der Waals surface area contributed by atoms with Crippen molar-refractivity contribution in [3.63, 3.8) is 0 Å². The van der Waals surface area contributed by atoms with Crippen LogP contribution in [0.25, 0.3) is 0 Å². The maximum atomic E-state index is 9.10. The van der Waals surface area contributed by atoms with Crippen LogP contribution in [0.1, 0.15) is 0 Å². The first-order valence-electron chi connectivity index (χ1n) is 4.02. The van der Waals surface area contributed by atoms with Gasteiger partial charge < -0.3 is 14.0 Å². The molecule has 0 aliphatic rings. The van der Waals surface area contributed by atoms with Crippen molar-refractivity contribution in [2.75, 3.05) is 14.2 Å². The van der Waals surface area contributed by atoms with Crippen molar-refractivity contribution in [2.24, 2.45) is 0 Å². The van der Waals surface area contributed by atoms with E-state index in [0.29, 0.717) is 0 Å². The van der Waals surface area contributed by atoms with Crippen LogP contribution in [0.5, 0.6) is 5.75 Å². The standard InChI is InChI=1S/C9H14O3Si/c1-11-13(3,12-2)9-6-4-8(10)5-7-9/h4-7,10H,1-3H3. The molecule has 0 aromatic heterocycles. The zero-order valence-corrected chi connectivity index (χ0v) is 9.07. The van der Waals surface area contributed by atoms with Crippen LogP contribution in [0.3, 0.4) is 0 Å². The minimum Gasteiger partial charge on any atom is -0.508 e. The van der Waals surface area contributed by atoms with Gasteiger partial charge in [0.25, 0.3) is 0 Å². The molecule has 1 aromatic carbocycles. The summed E-state index contributed by atoms with van der Waals surface area (Å²) in [6.07, 6.45) is 0. The minimum absolute atomic E-state index is 0.257. The normalized spacial score (nSPS) is 11.6. The highest BCUT2D eigenvalue weighted by Crippen LogP contribution is 2.09. The van der Waals surface area contributed by atoms with Crippen molar-refractivity contribution in [2.45, 2.75) is 6.55 Å². The number of phenolic OH excluding ortho intramolecular Hbond substituents is 1. The van der Waals surface area contributed by atoms with Crippen LogP contribution < -0.4 is 5.19 Å². The quantitative estimate of drug-likeness (QED) is 0.735.